The van der Waals surface area contributed by atoms with Gasteiger partial charge in [-0.2, -0.15) is 0 Å². The molecule has 0 spiro atoms. The van der Waals surface area contributed by atoms with Crippen molar-refractivity contribution in [2.24, 2.45) is 0 Å². The largest absolute Gasteiger partial charge is 0.383 e. The van der Waals surface area contributed by atoms with Crippen LogP contribution in [0.25, 0.3) is 0 Å². The number of nitrogens with one attached hydrogen (secondary N) is 2. The summed E-state index contributed by atoms with van der Waals surface area (Å²) in [7, 11) is 1.61. The van der Waals surface area contributed by atoms with Gasteiger partial charge in [-0.05, 0) is 17.7 Å². The van der Waals surface area contributed by atoms with Gasteiger partial charge in [-0.1, -0.05) is 33.6 Å². The highest BCUT2D eigenvalue weighted by Crippen LogP contribution is 2.20. The van der Waals surface area contributed by atoms with Gasteiger partial charge in [0.1, 0.15) is 0 Å². The van der Waals surface area contributed by atoms with E-state index in [0.29, 0.717) is 37.7 Å². The molecule has 106 valence electrons. The van der Waals surface area contributed by atoms with Crippen LogP contribution in [0.1, 0.15) is 12.0 Å². The number of methoxy groups -OCH3 is 1. The lowest BCUT2D eigenvalue weighted by Gasteiger charge is -2.07. The number of ether oxygens (including phenoxy) is 1. The Morgan fingerprint density at radius 2 is 2.21 bits per heavy atom. The van der Waals surface area contributed by atoms with Crippen LogP contribution in [-0.2, 0) is 16.1 Å². The van der Waals surface area contributed by atoms with Crippen molar-refractivity contribution < 1.29 is 9.53 Å². The number of carbonyl (C=O) groups excluding carboxylic acids is 1. The van der Waals surface area contributed by atoms with Gasteiger partial charge in [-0.25, -0.2) is 0 Å². The molecule has 0 unspecified atom stereocenters. The first-order valence-corrected chi connectivity index (χ1v) is 7.21. The van der Waals surface area contributed by atoms with E-state index >= 15 is 0 Å². The monoisotopic (exact) mass is 348 g/mol. The zero-order chi connectivity index (χ0) is 14.1. The van der Waals surface area contributed by atoms with Crippen LogP contribution in [0.15, 0.2) is 22.7 Å². The van der Waals surface area contributed by atoms with Crippen LogP contribution in [0, 0.1) is 0 Å². The zero-order valence-corrected chi connectivity index (χ0v) is 13.2. The third-order valence-corrected chi connectivity index (χ3v) is 3.33. The molecule has 1 amide bonds. The van der Waals surface area contributed by atoms with E-state index in [1.54, 1.807) is 7.11 Å². The Balaban J connectivity index is 2.18. The van der Waals surface area contributed by atoms with Crippen molar-refractivity contribution in [3.63, 3.8) is 0 Å². The number of amides is 1. The minimum atomic E-state index is 0.0199. The summed E-state index contributed by atoms with van der Waals surface area (Å²) in [5.74, 6) is 0.0199. The van der Waals surface area contributed by atoms with Gasteiger partial charge in [-0.3, -0.25) is 4.79 Å². The molecule has 1 aromatic rings. The van der Waals surface area contributed by atoms with Crippen molar-refractivity contribution in [2.45, 2.75) is 13.0 Å². The van der Waals surface area contributed by atoms with Gasteiger partial charge in [0.2, 0.25) is 5.91 Å². The second-order valence-corrected chi connectivity index (χ2v) is 5.33. The summed E-state index contributed by atoms with van der Waals surface area (Å²) in [6.45, 7) is 2.35. The molecular weight excluding hydrogens is 332 g/mol. The third kappa shape index (κ3) is 6.92. The normalized spacial score (nSPS) is 10.5. The van der Waals surface area contributed by atoms with Crippen LogP contribution in [-0.4, -0.2) is 32.7 Å². The van der Waals surface area contributed by atoms with Crippen molar-refractivity contribution in [1.82, 2.24) is 10.6 Å². The maximum Gasteiger partial charge on any atom is 0.221 e. The molecule has 6 heteroatoms. The average molecular weight is 350 g/mol. The maximum absolute atomic E-state index is 11.4. The predicted molar refractivity (Wildman–Crippen MR) is 80.4 cm³/mol. The van der Waals surface area contributed by atoms with Gasteiger partial charge in [0.05, 0.1) is 6.61 Å². The Bertz CT molecular complexity index is 416. The molecule has 0 heterocycles. The standard InChI is InChI=1S/C13H18BrClN2O2/c1-19-7-6-17-13(18)4-5-16-9-10-2-3-11(14)8-12(10)15/h2-3,8,16H,4-7,9H2,1H3,(H,17,18). The highest BCUT2D eigenvalue weighted by atomic mass is 79.9. The molecule has 1 rings (SSSR count). The van der Waals surface area contributed by atoms with Crippen LogP contribution in [0.5, 0.6) is 0 Å². The smallest absolute Gasteiger partial charge is 0.221 e. The van der Waals surface area contributed by atoms with Crippen LogP contribution in [0.3, 0.4) is 0 Å². The Hall–Kier alpha value is -0.620. The second kappa shape index (κ2) is 9.31. The quantitative estimate of drug-likeness (QED) is 0.708. The van der Waals surface area contributed by atoms with Crippen molar-refractivity contribution >= 4 is 33.4 Å². The Morgan fingerprint density at radius 3 is 2.89 bits per heavy atom. The average Bonchev–Trinajstić information content (AvgIpc) is 2.37. The molecule has 0 fully saturated rings. The van der Waals surface area contributed by atoms with Crippen LogP contribution < -0.4 is 10.6 Å². The highest BCUT2D eigenvalue weighted by molar-refractivity contribution is 9.10. The summed E-state index contributed by atoms with van der Waals surface area (Å²) in [6, 6.07) is 5.76. The van der Waals surface area contributed by atoms with E-state index in [-0.39, 0.29) is 5.91 Å². The first-order chi connectivity index (χ1) is 9.13. The van der Waals surface area contributed by atoms with E-state index in [9.17, 15) is 4.79 Å². The van der Waals surface area contributed by atoms with Crippen LogP contribution in [0.2, 0.25) is 5.02 Å². The van der Waals surface area contributed by atoms with Crippen molar-refractivity contribution in [3.05, 3.63) is 33.3 Å². The number of hydrogen-bond donors (Lipinski definition) is 2. The molecule has 0 aromatic heterocycles. The summed E-state index contributed by atoms with van der Waals surface area (Å²) in [4.78, 5) is 11.4. The van der Waals surface area contributed by atoms with Gasteiger partial charge in [0, 0.05) is 42.7 Å². The molecular formula is C13H18BrClN2O2. The van der Waals surface area contributed by atoms with Crippen LogP contribution >= 0.6 is 27.5 Å². The SMILES string of the molecule is COCCNC(=O)CCNCc1ccc(Br)cc1Cl. The van der Waals surface area contributed by atoms with Gasteiger partial charge < -0.3 is 15.4 Å². The Morgan fingerprint density at radius 1 is 1.42 bits per heavy atom. The third-order valence-electron chi connectivity index (χ3n) is 2.49. The molecule has 2 N–H and O–H groups in total. The predicted octanol–water partition coefficient (Wildman–Crippen LogP) is 2.34. The molecule has 0 atom stereocenters. The van der Waals surface area contributed by atoms with Crippen molar-refractivity contribution in [2.75, 3.05) is 26.8 Å². The Labute approximate surface area is 127 Å². The number of carbonyl (C=O) groups is 1. The zero-order valence-electron chi connectivity index (χ0n) is 10.8. The fraction of sp³-hybridized carbons (Fsp3) is 0.462. The molecule has 0 aliphatic rings. The van der Waals surface area contributed by atoms with Gasteiger partial charge in [0.15, 0.2) is 0 Å². The second-order valence-electron chi connectivity index (χ2n) is 4.01. The lowest BCUT2D eigenvalue weighted by molar-refractivity contribution is -0.121. The minimum absolute atomic E-state index is 0.0199. The molecule has 1 aromatic carbocycles. The molecule has 0 bridgehead atoms. The lowest BCUT2D eigenvalue weighted by atomic mass is 10.2. The lowest BCUT2D eigenvalue weighted by Crippen LogP contribution is -2.29. The molecule has 0 saturated heterocycles. The van der Waals surface area contributed by atoms with Gasteiger partial charge in [-0.15, -0.1) is 0 Å². The van der Waals surface area contributed by atoms with E-state index in [0.717, 1.165) is 10.0 Å². The van der Waals surface area contributed by atoms with Crippen molar-refractivity contribution in [1.29, 1.82) is 0 Å². The molecule has 0 aliphatic heterocycles. The first-order valence-electron chi connectivity index (χ1n) is 6.03. The molecule has 4 nitrogen and oxygen atoms in total. The molecule has 0 saturated carbocycles. The summed E-state index contributed by atoms with van der Waals surface area (Å²) >= 11 is 9.45. The number of halogens is 2. The fourth-order valence-electron chi connectivity index (χ4n) is 1.47. The number of hydrogen-bond acceptors (Lipinski definition) is 3. The van der Waals surface area contributed by atoms with Crippen LogP contribution in [0.4, 0.5) is 0 Å². The summed E-state index contributed by atoms with van der Waals surface area (Å²) in [5.41, 5.74) is 1.02. The number of rotatable bonds is 8. The van der Waals surface area contributed by atoms with Crippen molar-refractivity contribution in [3.8, 4) is 0 Å². The molecule has 0 radical (unpaired) electrons. The van der Waals surface area contributed by atoms with E-state index in [1.165, 1.54) is 0 Å². The maximum atomic E-state index is 11.4. The molecule has 0 aliphatic carbocycles. The van der Waals surface area contributed by atoms with E-state index in [2.05, 4.69) is 26.6 Å². The Kier molecular flexibility index (Phi) is 8.05. The fourth-order valence-corrected chi connectivity index (χ4v) is 2.21. The molecule has 19 heavy (non-hydrogen) atoms. The van der Waals surface area contributed by atoms with E-state index in [4.69, 9.17) is 16.3 Å². The topological polar surface area (TPSA) is 50.4 Å². The summed E-state index contributed by atoms with van der Waals surface area (Å²) in [5, 5.41) is 6.67. The summed E-state index contributed by atoms with van der Waals surface area (Å²) in [6.07, 6.45) is 0.442. The van der Waals surface area contributed by atoms with E-state index < -0.39 is 0 Å². The van der Waals surface area contributed by atoms with Gasteiger partial charge >= 0.3 is 0 Å². The first kappa shape index (κ1) is 16.4. The highest BCUT2D eigenvalue weighted by Gasteiger charge is 2.02. The summed E-state index contributed by atoms with van der Waals surface area (Å²) < 4.78 is 5.81. The van der Waals surface area contributed by atoms with E-state index in [1.807, 2.05) is 18.2 Å². The minimum Gasteiger partial charge on any atom is -0.383 e. The van der Waals surface area contributed by atoms with Gasteiger partial charge in [0.25, 0.3) is 0 Å². The number of benzene rings is 1.